The van der Waals surface area contributed by atoms with Crippen LogP contribution < -0.4 is 0 Å². The van der Waals surface area contributed by atoms with Gasteiger partial charge in [-0.25, -0.2) is 4.39 Å². The number of aromatic nitrogens is 1. The highest BCUT2D eigenvalue weighted by Gasteiger charge is 1.93. The molecule has 0 fully saturated rings. The molecule has 0 aliphatic rings. The Balaban J connectivity index is 0.000000396. The van der Waals surface area contributed by atoms with E-state index in [1.54, 1.807) is 18.3 Å². The van der Waals surface area contributed by atoms with Gasteiger partial charge in [0.25, 0.3) is 0 Å². The molecule has 1 nitrogen and oxygen atoms in total. The predicted octanol–water partition coefficient (Wildman–Crippen LogP) is 3.40. The zero-order valence-electron chi connectivity index (χ0n) is 7.79. The Morgan fingerprint density at radius 2 is 1.92 bits per heavy atom. The van der Waals surface area contributed by atoms with Crippen molar-refractivity contribution >= 4 is 10.9 Å². The van der Waals surface area contributed by atoms with E-state index in [9.17, 15) is 4.39 Å². The van der Waals surface area contributed by atoms with E-state index in [0.29, 0.717) is 0 Å². The average molecular weight is 177 g/mol. The maximum absolute atomic E-state index is 12.6. The second-order valence-electron chi connectivity index (χ2n) is 2.34. The van der Waals surface area contributed by atoms with Gasteiger partial charge in [0.1, 0.15) is 5.82 Å². The molecule has 0 N–H and O–H groups in total. The molecule has 2 rings (SSSR count). The summed E-state index contributed by atoms with van der Waals surface area (Å²) in [6.45, 7) is 4.00. The Bertz CT molecular complexity index is 385. The third-order valence-corrected chi connectivity index (χ3v) is 1.57. The molecule has 1 aromatic carbocycles. The van der Waals surface area contributed by atoms with Crippen molar-refractivity contribution in [2.45, 2.75) is 13.8 Å². The molecule has 68 valence electrons. The zero-order valence-corrected chi connectivity index (χ0v) is 7.79. The first-order valence-corrected chi connectivity index (χ1v) is 4.36. The number of hydrogen-bond donors (Lipinski definition) is 0. The first-order valence-electron chi connectivity index (χ1n) is 4.36. The van der Waals surface area contributed by atoms with Crippen LogP contribution in [0.1, 0.15) is 13.8 Å². The van der Waals surface area contributed by atoms with Crippen molar-refractivity contribution in [2.24, 2.45) is 0 Å². The van der Waals surface area contributed by atoms with Gasteiger partial charge in [0.15, 0.2) is 0 Å². The molecule has 0 saturated carbocycles. The molecule has 0 atom stereocenters. The number of halogens is 1. The van der Waals surface area contributed by atoms with Crippen LogP contribution in [-0.4, -0.2) is 4.98 Å². The van der Waals surface area contributed by atoms with Gasteiger partial charge >= 0.3 is 0 Å². The lowest BCUT2D eigenvalue weighted by Crippen LogP contribution is -1.78. The summed E-state index contributed by atoms with van der Waals surface area (Å²) in [6.07, 6.45) is 1.69. The van der Waals surface area contributed by atoms with Crippen LogP contribution in [0.5, 0.6) is 0 Å². The molecule has 0 radical (unpaired) electrons. The summed E-state index contributed by atoms with van der Waals surface area (Å²) in [6, 6.07) is 8.19. The van der Waals surface area contributed by atoms with Crippen molar-refractivity contribution in [3.05, 3.63) is 42.3 Å². The summed E-state index contributed by atoms with van der Waals surface area (Å²) in [5.41, 5.74) is 0.828. The van der Waals surface area contributed by atoms with Gasteiger partial charge < -0.3 is 0 Å². The summed E-state index contributed by atoms with van der Waals surface area (Å²) < 4.78 is 12.6. The van der Waals surface area contributed by atoms with Crippen molar-refractivity contribution < 1.29 is 4.39 Å². The van der Waals surface area contributed by atoms with Crippen LogP contribution in [0, 0.1) is 5.82 Å². The Kier molecular flexibility index (Phi) is 3.38. The van der Waals surface area contributed by atoms with Crippen LogP contribution in [0.3, 0.4) is 0 Å². The van der Waals surface area contributed by atoms with Gasteiger partial charge in [-0.15, -0.1) is 0 Å². The van der Waals surface area contributed by atoms with Crippen LogP contribution in [0.25, 0.3) is 10.9 Å². The first-order chi connectivity index (χ1) is 6.36. The molecule has 0 aliphatic heterocycles. The van der Waals surface area contributed by atoms with E-state index < -0.39 is 0 Å². The van der Waals surface area contributed by atoms with Crippen molar-refractivity contribution in [2.75, 3.05) is 0 Å². The molecule has 2 aromatic rings. The molecule has 2 heteroatoms. The molecule has 0 amide bonds. The number of benzene rings is 1. The van der Waals surface area contributed by atoms with Gasteiger partial charge in [-0.05, 0) is 24.3 Å². The van der Waals surface area contributed by atoms with Gasteiger partial charge in [0.05, 0.1) is 5.52 Å². The molecule has 13 heavy (non-hydrogen) atoms. The van der Waals surface area contributed by atoms with Crippen LogP contribution in [0.2, 0.25) is 0 Å². The van der Waals surface area contributed by atoms with Gasteiger partial charge in [-0.1, -0.05) is 19.9 Å². The minimum Gasteiger partial charge on any atom is -0.256 e. The number of rotatable bonds is 0. The fraction of sp³-hybridized carbons (Fsp3) is 0.182. The molecule has 0 saturated heterocycles. The van der Waals surface area contributed by atoms with Gasteiger partial charge in [0, 0.05) is 11.6 Å². The van der Waals surface area contributed by atoms with Crippen molar-refractivity contribution in [3.8, 4) is 0 Å². The van der Waals surface area contributed by atoms with Crippen LogP contribution in [0.15, 0.2) is 36.5 Å². The second kappa shape index (κ2) is 4.55. The minimum absolute atomic E-state index is 0.217. The Morgan fingerprint density at radius 1 is 1.15 bits per heavy atom. The van der Waals surface area contributed by atoms with Gasteiger partial charge in [0.2, 0.25) is 0 Å². The fourth-order valence-corrected chi connectivity index (χ4v) is 1.05. The summed E-state index contributed by atoms with van der Waals surface area (Å²) in [7, 11) is 0. The molecule has 0 aliphatic carbocycles. The molecule has 0 bridgehead atoms. The third kappa shape index (κ3) is 2.25. The Hall–Kier alpha value is -1.44. The zero-order chi connectivity index (χ0) is 9.68. The van der Waals surface area contributed by atoms with Crippen molar-refractivity contribution in [3.63, 3.8) is 0 Å². The smallest absolute Gasteiger partial charge is 0.123 e. The highest BCUT2D eigenvalue weighted by atomic mass is 19.1. The van der Waals surface area contributed by atoms with Crippen molar-refractivity contribution in [1.29, 1.82) is 0 Å². The summed E-state index contributed by atoms with van der Waals surface area (Å²) in [5.74, 6) is -0.217. The first kappa shape index (κ1) is 9.65. The normalized spacial score (nSPS) is 9.15. The van der Waals surface area contributed by atoms with Crippen LogP contribution in [0.4, 0.5) is 4.39 Å². The fourth-order valence-electron chi connectivity index (χ4n) is 1.05. The van der Waals surface area contributed by atoms with E-state index >= 15 is 0 Å². The Morgan fingerprint density at radius 3 is 2.69 bits per heavy atom. The van der Waals surface area contributed by atoms with Crippen LogP contribution in [-0.2, 0) is 0 Å². The lowest BCUT2D eigenvalue weighted by atomic mass is 10.2. The molecular weight excluding hydrogens is 165 g/mol. The Labute approximate surface area is 77.2 Å². The van der Waals surface area contributed by atoms with Gasteiger partial charge in [-0.2, -0.15) is 0 Å². The van der Waals surface area contributed by atoms with E-state index in [-0.39, 0.29) is 5.82 Å². The van der Waals surface area contributed by atoms with E-state index in [4.69, 9.17) is 0 Å². The molecule has 1 heterocycles. The number of nitrogens with zero attached hydrogens (tertiary/aromatic N) is 1. The maximum Gasteiger partial charge on any atom is 0.123 e. The average Bonchev–Trinajstić information content (AvgIpc) is 2.21. The molecular formula is C11H12FN. The number of hydrogen-bond acceptors (Lipinski definition) is 1. The molecule has 0 unspecified atom stereocenters. The lowest BCUT2D eigenvalue weighted by Gasteiger charge is -1.93. The summed E-state index contributed by atoms with van der Waals surface area (Å²) >= 11 is 0. The second-order valence-corrected chi connectivity index (χ2v) is 2.34. The number of pyridine rings is 1. The van der Waals surface area contributed by atoms with E-state index in [1.165, 1.54) is 12.1 Å². The minimum atomic E-state index is -0.217. The monoisotopic (exact) mass is 177 g/mol. The summed E-state index contributed by atoms with van der Waals surface area (Å²) in [4.78, 5) is 4.06. The van der Waals surface area contributed by atoms with Crippen LogP contribution >= 0.6 is 0 Å². The molecule has 0 spiro atoms. The molecule has 1 aromatic heterocycles. The largest absolute Gasteiger partial charge is 0.256 e. The van der Waals surface area contributed by atoms with E-state index in [1.807, 2.05) is 19.9 Å². The van der Waals surface area contributed by atoms with E-state index in [2.05, 4.69) is 4.98 Å². The predicted molar refractivity (Wildman–Crippen MR) is 53.0 cm³/mol. The maximum atomic E-state index is 12.6. The topological polar surface area (TPSA) is 12.9 Å². The SMILES string of the molecule is CC.Fc1ccc2ncccc2c1. The van der Waals surface area contributed by atoms with Crippen molar-refractivity contribution in [1.82, 2.24) is 4.98 Å². The lowest BCUT2D eigenvalue weighted by molar-refractivity contribution is 0.629. The standard InChI is InChI=1S/C9H6FN.C2H6/c10-8-3-4-9-7(6-8)2-1-5-11-9;1-2/h1-6H;1-2H3. The highest BCUT2D eigenvalue weighted by Crippen LogP contribution is 2.11. The summed E-state index contributed by atoms with van der Waals surface area (Å²) in [5, 5.41) is 0.840. The van der Waals surface area contributed by atoms with E-state index in [0.717, 1.165) is 10.9 Å². The third-order valence-electron chi connectivity index (χ3n) is 1.57. The number of fused-ring (bicyclic) bond motifs is 1. The van der Waals surface area contributed by atoms with Gasteiger partial charge in [-0.3, -0.25) is 4.98 Å². The highest BCUT2D eigenvalue weighted by molar-refractivity contribution is 5.77. The quantitative estimate of drug-likeness (QED) is 0.601.